The largest absolute Gasteiger partial charge is 0.502 e. The summed E-state index contributed by atoms with van der Waals surface area (Å²) in [7, 11) is 0. The van der Waals surface area contributed by atoms with Crippen LogP contribution in [0.5, 0.6) is 5.75 Å². The predicted molar refractivity (Wildman–Crippen MR) is 144 cm³/mol. The van der Waals surface area contributed by atoms with E-state index in [2.05, 4.69) is 50.2 Å². The Labute approximate surface area is 222 Å². The minimum Gasteiger partial charge on any atom is -0.502 e. The van der Waals surface area contributed by atoms with Gasteiger partial charge in [-0.25, -0.2) is 9.37 Å². The third kappa shape index (κ3) is 7.29. The Balaban J connectivity index is 1.42. The number of rotatable bonds is 9. The van der Waals surface area contributed by atoms with Crippen LogP contribution in [0.3, 0.4) is 0 Å². The van der Waals surface area contributed by atoms with Crippen molar-refractivity contribution in [1.29, 1.82) is 5.26 Å². The molecule has 2 aromatic carbocycles. The van der Waals surface area contributed by atoms with Crippen molar-refractivity contribution in [3.05, 3.63) is 93.2 Å². The second-order valence-corrected chi connectivity index (χ2v) is 9.81. The van der Waals surface area contributed by atoms with Gasteiger partial charge in [-0.1, -0.05) is 36.1 Å². The summed E-state index contributed by atoms with van der Waals surface area (Å²) in [5.74, 6) is 6.03. The molecular formula is C30H32FN5O2. The molecule has 196 valence electrons. The lowest BCUT2D eigenvalue weighted by Gasteiger charge is -2.20. The lowest BCUT2D eigenvalue weighted by Crippen LogP contribution is -2.32. The van der Waals surface area contributed by atoms with Gasteiger partial charge in [0.05, 0.1) is 24.0 Å². The Morgan fingerprint density at radius 1 is 1.18 bits per heavy atom. The van der Waals surface area contributed by atoms with Crippen molar-refractivity contribution < 1.29 is 9.50 Å². The zero-order valence-electron chi connectivity index (χ0n) is 21.5. The zero-order valence-corrected chi connectivity index (χ0v) is 21.5. The molecule has 7 nitrogen and oxygen atoms in total. The van der Waals surface area contributed by atoms with Crippen LogP contribution in [-0.2, 0) is 13.0 Å². The summed E-state index contributed by atoms with van der Waals surface area (Å²) in [6.45, 7) is 4.38. The maximum Gasteiger partial charge on any atom is 0.293 e. The normalized spacial score (nSPS) is 16.8. The van der Waals surface area contributed by atoms with E-state index in [1.807, 2.05) is 36.4 Å². The number of aromatic amines is 1. The van der Waals surface area contributed by atoms with E-state index >= 15 is 0 Å². The molecule has 0 unspecified atom stereocenters. The topological polar surface area (TPSA) is 105 Å². The lowest BCUT2D eigenvalue weighted by atomic mass is 9.92. The molecule has 1 aliphatic rings. The summed E-state index contributed by atoms with van der Waals surface area (Å²) in [4.78, 5) is 20.6. The van der Waals surface area contributed by atoms with Crippen LogP contribution in [0, 0.1) is 29.1 Å². The molecule has 2 heterocycles. The maximum absolute atomic E-state index is 13.0. The van der Waals surface area contributed by atoms with Crippen molar-refractivity contribution in [3.8, 4) is 23.7 Å². The van der Waals surface area contributed by atoms with Crippen molar-refractivity contribution in [2.45, 2.75) is 38.3 Å². The molecule has 0 amide bonds. The number of hydrogen-bond acceptors (Lipinski definition) is 6. The van der Waals surface area contributed by atoms with Crippen LogP contribution in [0.15, 0.2) is 59.7 Å². The molecule has 0 bridgehead atoms. The molecule has 3 N–H and O–H groups in total. The fourth-order valence-electron chi connectivity index (χ4n) is 4.53. The highest BCUT2D eigenvalue weighted by atomic mass is 19.1. The summed E-state index contributed by atoms with van der Waals surface area (Å²) in [5.41, 5.74) is 3.68. The number of hydrogen-bond donors (Lipinski definition) is 3. The number of likely N-dealkylation sites (tertiary alicyclic amines) is 1. The van der Waals surface area contributed by atoms with E-state index in [9.17, 15) is 14.3 Å². The lowest BCUT2D eigenvalue weighted by molar-refractivity contribution is 0.325. The molecule has 38 heavy (non-hydrogen) atoms. The molecule has 1 saturated heterocycles. The minimum atomic E-state index is -0.582. The summed E-state index contributed by atoms with van der Waals surface area (Å²) < 4.78 is 13.0. The zero-order chi connectivity index (χ0) is 26.9. The Kier molecular flexibility index (Phi) is 9.26. The Hall–Kier alpha value is -3.98. The smallest absolute Gasteiger partial charge is 0.293 e. The minimum absolute atomic E-state index is 0.127. The number of benzene rings is 2. The molecule has 0 saturated carbocycles. The highest BCUT2D eigenvalue weighted by Crippen LogP contribution is 2.23. The van der Waals surface area contributed by atoms with Crippen LogP contribution in [0.4, 0.5) is 4.39 Å². The van der Waals surface area contributed by atoms with Crippen molar-refractivity contribution in [1.82, 2.24) is 20.2 Å². The summed E-state index contributed by atoms with van der Waals surface area (Å²) in [5, 5.41) is 22.4. The van der Waals surface area contributed by atoms with Crippen molar-refractivity contribution in [2.75, 3.05) is 26.3 Å². The van der Waals surface area contributed by atoms with E-state index in [-0.39, 0.29) is 17.9 Å². The summed E-state index contributed by atoms with van der Waals surface area (Å²) in [6, 6.07) is 18.1. The monoisotopic (exact) mass is 513 g/mol. The van der Waals surface area contributed by atoms with Crippen LogP contribution >= 0.6 is 0 Å². The van der Waals surface area contributed by atoms with Gasteiger partial charge >= 0.3 is 0 Å². The van der Waals surface area contributed by atoms with E-state index in [0.29, 0.717) is 18.7 Å². The average molecular weight is 514 g/mol. The molecular weight excluding hydrogens is 481 g/mol. The molecule has 1 aromatic heterocycles. The van der Waals surface area contributed by atoms with Gasteiger partial charge < -0.3 is 15.4 Å². The molecule has 3 aromatic rings. The maximum atomic E-state index is 13.0. The fraction of sp³-hybridized carbons (Fsp3) is 0.367. The van der Waals surface area contributed by atoms with E-state index in [4.69, 9.17) is 5.26 Å². The van der Waals surface area contributed by atoms with E-state index in [1.54, 1.807) is 6.92 Å². The van der Waals surface area contributed by atoms with Crippen LogP contribution in [-0.4, -0.2) is 52.3 Å². The van der Waals surface area contributed by atoms with Crippen molar-refractivity contribution in [3.63, 3.8) is 0 Å². The molecule has 0 spiro atoms. The van der Waals surface area contributed by atoms with Gasteiger partial charge in [0.25, 0.3) is 5.56 Å². The van der Waals surface area contributed by atoms with E-state index in [1.165, 1.54) is 11.9 Å². The number of nitrogens with one attached hydrogen (secondary N) is 2. The second-order valence-electron chi connectivity index (χ2n) is 9.81. The third-order valence-corrected chi connectivity index (χ3v) is 6.84. The second kappa shape index (κ2) is 13.0. The highest BCUT2D eigenvalue weighted by molar-refractivity contribution is 5.44. The number of halogens is 1. The SMILES string of the molecule is C[C@@H](CF)NC[C@@H](Cc1nc[nH]c(=O)c1O)c1ccc(C#Cc2ccc(CN3CC[C@H](C#N)C3)cc2)cc1. The van der Waals surface area contributed by atoms with Gasteiger partial charge in [0.15, 0.2) is 0 Å². The number of nitriles is 1. The number of aromatic nitrogens is 2. The van der Waals surface area contributed by atoms with Gasteiger partial charge in [0.1, 0.15) is 6.67 Å². The standard InChI is InChI=1S/C30H32FN5O2/c1-21(15-31)33-17-27(14-28-29(37)30(38)35-20-34-28)26-10-8-23(9-11-26)3-2-22-4-6-24(7-5-22)18-36-13-12-25(16-32)19-36/h4-11,20-21,25,27,33,37H,12-15,17-19H2,1H3,(H,34,35,38)/t21-,25+,27+/m0/s1. The molecule has 0 aliphatic carbocycles. The van der Waals surface area contributed by atoms with Crippen molar-refractivity contribution in [2.24, 2.45) is 5.92 Å². The van der Waals surface area contributed by atoms with Crippen LogP contribution in [0.2, 0.25) is 0 Å². The van der Waals surface area contributed by atoms with E-state index in [0.717, 1.165) is 42.7 Å². The molecule has 0 radical (unpaired) electrons. The van der Waals surface area contributed by atoms with Crippen LogP contribution < -0.4 is 10.9 Å². The first-order valence-corrected chi connectivity index (χ1v) is 12.8. The van der Waals surface area contributed by atoms with Gasteiger partial charge in [-0.15, -0.1) is 0 Å². The first-order chi connectivity index (χ1) is 18.4. The highest BCUT2D eigenvalue weighted by Gasteiger charge is 2.22. The molecule has 1 fully saturated rings. The summed E-state index contributed by atoms with van der Waals surface area (Å²) in [6.07, 6.45) is 2.54. The van der Waals surface area contributed by atoms with Crippen LogP contribution in [0.25, 0.3) is 0 Å². The quantitative estimate of drug-likeness (QED) is 0.379. The Morgan fingerprint density at radius 2 is 1.87 bits per heavy atom. The molecule has 8 heteroatoms. The number of nitrogens with zero attached hydrogens (tertiary/aromatic N) is 3. The molecule has 1 aliphatic heterocycles. The van der Waals surface area contributed by atoms with E-state index < -0.39 is 18.0 Å². The summed E-state index contributed by atoms with van der Waals surface area (Å²) >= 11 is 0. The van der Waals surface area contributed by atoms with Gasteiger partial charge in [0, 0.05) is 49.1 Å². The first kappa shape index (κ1) is 27.1. The van der Waals surface area contributed by atoms with Gasteiger partial charge in [-0.2, -0.15) is 5.26 Å². The number of alkyl halides is 1. The number of aromatic hydroxyl groups is 1. The van der Waals surface area contributed by atoms with Crippen LogP contribution in [0.1, 0.15) is 47.2 Å². The predicted octanol–water partition coefficient (Wildman–Crippen LogP) is 3.49. The Morgan fingerprint density at radius 3 is 2.50 bits per heavy atom. The first-order valence-electron chi connectivity index (χ1n) is 12.8. The average Bonchev–Trinajstić information content (AvgIpc) is 3.40. The number of H-pyrrole nitrogens is 1. The third-order valence-electron chi connectivity index (χ3n) is 6.84. The van der Waals surface area contributed by atoms with Gasteiger partial charge in [-0.3, -0.25) is 9.69 Å². The molecule has 4 rings (SSSR count). The van der Waals surface area contributed by atoms with Gasteiger partial charge in [0.2, 0.25) is 5.75 Å². The van der Waals surface area contributed by atoms with Crippen molar-refractivity contribution >= 4 is 0 Å². The molecule has 3 atom stereocenters. The fourth-order valence-corrected chi connectivity index (χ4v) is 4.53. The van der Waals surface area contributed by atoms with Gasteiger partial charge in [-0.05, 0) is 55.3 Å². The Bertz CT molecular complexity index is 1370.